The van der Waals surface area contributed by atoms with E-state index in [1.165, 1.54) is 33.4 Å². The van der Waals surface area contributed by atoms with Crippen molar-refractivity contribution in [2.45, 2.75) is 17.0 Å². The van der Waals surface area contributed by atoms with Crippen molar-refractivity contribution in [3.8, 4) is 124 Å². The lowest BCUT2D eigenvalue weighted by molar-refractivity contribution is 0.438. The van der Waals surface area contributed by atoms with Crippen molar-refractivity contribution in [1.29, 1.82) is 0 Å². The molecular weight excluding hydrogens is 1340 g/mol. The smallest absolute Gasteiger partial charge is 0.164 e. The predicted octanol–water partition coefficient (Wildman–Crippen LogP) is 24.1. The molecule has 8 heteroatoms. The number of hydrogen-bond acceptors (Lipinski definition) is 8. The molecule has 3 aliphatic heterocycles. The molecule has 17 aromatic rings. The summed E-state index contributed by atoms with van der Waals surface area (Å²) < 4.78 is 14.6. The van der Waals surface area contributed by atoms with E-state index >= 15 is 0 Å². The van der Waals surface area contributed by atoms with Crippen LogP contribution >= 0.6 is 0 Å². The second kappa shape index (κ2) is 25.1. The molecule has 0 radical (unpaired) electrons. The first kappa shape index (κ1) is 62.9. The predicted molar refractivity (Wildman–Crippen MR) is 442 cm³/mol. The molecule has 0 fully saturated rings. The molecule has 8 nitrogen and oxygen atoms in total. The third-order valence-corrected chi connectivity index (χ3v) is 22.9. The first-order chi connectivity index (χ1) is 54.5. The van der Waals surface area contributed by atoms with Gasteiger partial charge >= 0.3 is 0 Å². The standard InChI is InChI=1S/C102H64N6O2/c1-3-25-63(26-4-1)65-51-54-67(55-52-65)96-105-98(73-34-22-32-70(61-73)76-40-23-47-88-93(76)109-91-49-19-17-45-86(91)101(88)83-42-14-11-36-78(83)79-37-12-15-43-84(79)101)108-100(107-96)82-39-10-9-35-75(82)71-57-58-81-80-38-13-16-44-85(80)102(90(81)62-71)87-46-18-20-50-92(87)110-94-77(41-24-48-89(94)102)69-31-21-33-72(60-69)97-103-95(66-28-5-2-6-29-66)104-99(106-97)74-56-53-64-27-7-8-30-68(64)59-74/h1-62,98H,(H,105,107,108). The zero-order valence-corrected chi connectivity index (χ0v) is 59.4. The number of amidine groups is 2. The highest BCUT2D eigenvalue weighted by Crippen LogP contribution is 2.66. The Morgan fingerprint density at radius 1 is 0.245 bits per heavy atom. The van der Waals surface area contributed by atoms with E-state index in [0.29, 0.717) is 29.1 Å². The van der Waals surface area contributed by atoms with Gasteiger partial charge in [0.25, 0.3) is 0 Å². The molecule has 2 spiro atoms. The van der Waals surface area contributed by atoms with E-state index in [9.17, 15) is 0 Å². The molecule has 514 valence electrons. The van der Waals surface area contributed by atoms with E-state index in [1.807, 2.05) is 30.3 Å². The Balaban J connectivity index is 0.676. The van der Waals surface area contributed by atoms with Crippen LogP contribution < -0.4 is 14.8 Å². The van der Waals surface area contributed by atoms with Gasteiger partial charge in [0, 0.05) is 61.2 Å². The minimum Gasteiger partial charge on any atom is -0.456 e. The summed E-state index contributed by atoms with van der Waals surface area (Å²) in [4.78, 5) is 26.9. The SMILES string of the molecule is c1ccc(-c2ccc(C3=NC(c4ccccc4-c4ccc5c(c4)C4(c6ccccc6Oc6c(-c7cccc(-c8nc(-c9ccccc9)nc(-c9ccc%10ccccc%10c9)n8)c7)cccc64)c4ccccc4-5)=NC(c4cccc(-c5cccc6c5Oc5ccccc5C65c6ccccc6-c6ccccc65)c4)N3)cc2)cc1. The van der Waals surface area contributed by atoms with Crippen LogP contribution in [-0.2, 0) is 10.8 Å². The highest BCUT2D eigenvalue weighted by atomic mass is 16.5. The minimum absolute atomic E-state index is 0.555. The van der Waals surface area contributed by atoms with Crippen molar-refractivity contribution in [2.75, 3.05) is 0 Å². The first-order valence-corrected chi connectivity index (χ1v) is 37.5. The molecule has 22 rings (SSSR count). The lowest BCUT2D eigenvalue weighted by Gasteiger charge is -2.40. The van der Waals surface area contributed by atoms with Crippen LogP contribution in [0.5, 0.6) is 23.0 Å². The first-order valence-electron chi connectivity index (χ1n) is 37.5. The van der Waals surface area contributed by atoms with Gasteiger partial charge in [0.1, 0.15) is 35.0 Å². The third kappa shape index (κ3) is 9.75. The zero-order chi connectivity index (χ0) is 72.4. The minimum atomic E-state index is -0.819. The second-order valence-electron chi connectivity index (χ2n) is 28.8. The normalized spacial score (nSPS) is 15.4. The quantitative estimate of drug-likeness (QED) is 0.147. The van der Waals surface area contributed by atoms with E-state index in [0.717, 1.165) is 145 Å². The van der Waals surface area contributed by atoms with Gasteiger partial charge in [0.15, 0.2) is 23.3 Å². The Labute approximate surface area is 636 Å². The molecule has 110 heavy (non-hydrogen) atoms. The molecule has 4 heterocycles. The highest BCUT2D eigenvalue weighted by molar-refractivity contribution is 6.15. The number of benzene rings is 16. The van der Waals surface area contributed by atoms with Crippen LogP contribution in [0.1, 0.15) is 67.4 Å². The number of nitrogens with one attached hydrogen (secondary N) is 1. The third-order valence-electron chi connectivity index (χ3n) is 22.9. The van der Waals surface area contributed by atoms with Crippen molar-refractivity contribution in [2.24, 2.45) is 9.98 Å². The van der Waals surface area contributed by atoms with Gasteiger partial charge in [0.2, 0.25) is 0 Å². The number of aromatic nitrogens is 3. The number of nitrogens with zero attached hydrogens (tertiary/aromatic N) is 5. The fourth-order valence-electron chi connectivity index (χ4n) is 18.1. The van der Waals surface area contributed by atoms with Crippen LogP contribution in [0.25, 0.3) is 112 Å². The van der Waals surface area contributed by atoms with Gasteiger partial charge < -0.3 is 14.8 Å². The molecule has 2 aliphatic carbocycles. The van der Waals surface area contributed by atoms with Gasteiger partial charge in [-0.3, -0.25) is 0 Å². The second-order valence-corrected chi connectivity index (χ2v) is 28.8. The Kier molecular flexibility index (Phi) is 14.3. The molecule has 0 bridgehead atoms. The Hall–Kier alpha value is -14.5. The van der Waals surface area contributed by atoms with Gasteiger partial charge in [-0.15, -0.1) is 0 Å². The van der Waals surface area contributed by atoms with Crippen molar-refractivity contribution < 1.29 is 9.47 Å². The molecule has 2 unspecified atom stereocenters. The van der Waals surface area contributed by atoms with Crippen LogP contribution in [0.4, 0.5) is 0 Å². The molecule has 1 N–H and O–H groups in total. The van der Waals surface area contributed by atoms with Gasteiger partial charge in [-0.25, -0.2) is 24.9 Å². The summed E-state index contributed by atoms with van der Waals surface area (Å²) in [5, 5.41) is 6.15. The maximum absolute atomic E-state index is 7.38. The van der Waals surface area contributed by atoms with Crippen molar-refractivity contribution >= 4 is 22.4 Å². The van der Waals surface area contributed by atoms with Crippen LogP contribution in [0.15, 0.2) is 386 Å². The van der Waals surface area contributed by atoms with E-state index in [-0.39, 0.29) is 0 Å². The summed E-state index contributed by atoms with van der Waals surface area (Å²) in [7, 11) is 0. The van der Waals surface area contributed by atoms with E-state index in [1.54, 1.807) is 0 Å². The molecule has 2 atom stereocenters. The van der Waals surface area contributed by atoms with Crippen LogP contribution in [-0.4, -0.2) is 26.6 Å². The van der Waals surface area contributed by atoms with Crippen LogP contribution in [0, 0.1) is 0 Å². The fraction of sp³-hybridized carbons (Fsp3) is 0.0294. The Morgan fingerprint density at radius 2 is 0.645 bits per heavy atom. The summed E-state index contributed by atoms with van der Waals surface area (Å²) in [6, 6.07) is 134. The van der Waals surface area contributed by atoms with E-state index in [4.69, 9.17) is 34.4 Å². The average molecular weight is 1410 g/mol. The molecule has 0 saturated heterocycles. The van der Waals surface area contributed by atoms with Crippen molar-refractivity contribution in [1.82, 2.24) is 20.3 Å². The number of ether oxygens (including phenoxy) is 2. The average Bonchev–Trinajstić information content (AvgIpc) is 1.49. The van der Waals surface area contributed by atoms with Crippen LogP contribution in [0.2, 0.25) is 0 Å². The van der Waals surface area contributed by atoms with Gasteiger partial charge in [0.05, 0.1) is 10.8 Å². The topological polar surface area (TPSA) is 93.9 Å². The largest absolute Gasteiger partial charge is 0.456 e. The summed E-state index contributed by atoms with van der Waals surface area (Å²) in [5.41, 5.74) is 26.3. The number of rotatable bonds is 10. The van der Waals surface area contributed by atoms with Crippen molar-refractivity contribution in [3.05, 3.63) is 437 Å². The summed E-state index contributed by atoms with van der Waals surface area (Å²) in [6.07, 6.45) is -0.555. The number of aliphatic imine (C=N–C) groups is 2. The lowest BCUT2D eigenvalue weighted by atomic mass is 9.65. The molecule has 0 amide bonds. The fourth-order valence-corrected chi connectivity index (χ4v) is 18.1. The number of hydrogen-bond donors (Lipinski definition) is 1. The monoisotopic (exact) mass is 1400 g/mol. The number of fused-ring (bicyclic) bond motifs is 19. The molecular formula is C102H64N6O2. The molecule has 0 saturated carbocycles. The maximum atomic E-state index is 7.38. The Bertz CT molecular complexity index is 6680. The van der Waals surface area contributed by atoms with Crippen molar-refractivity contribution in [3.63, 3.8) is 0 Å². The van der Waals surface area contributed by atoms with E-state index in [2.05, 4.69) is 351 Å². The molecule has 5 aliphatic rings. The van der Waals surface area contributed by atoms with E-state index < -0.39 is 17.0 Å². The summed E-state index contributed by atoms with van der Waals surface area (Å²) >= 11 is 0. The summed E-state index contributed by atoms with van der Waals surface area (Å²) in [5.74, 6) is 6.35. The highest BCUT2D eigenvalue weighted by Gasteiger charge is 2.53. The molecule has 1 aromatic heterocycles. The Morgan fingerprint density at radius 3 is 1.27 bits per heavy atom. The lowest BCUT2D eigenvalue weighted by Crippen LogP contribution is -2.33. The summed E-state index contributed by atoms with van der Waals surface area (Å²) in [6.45, 7) is 0. The van der Waals surface area contributed by atoms with Gasteiger partial charge in [-0.2, -0.15) is 0 Å². The van der Waals surface area contributed by atoms with Gasteiger partial charge in [-0.05, 0) is 131 Å². The molecule has 16 aromatic carbocycles. The van der Waals surface area contributed by atoms with Crippen LogP contribution in [0.3, 0.4) is 0 Å². The number of para-hydroxylation sites is 4. The van der Waals surface area contributed by atoms with Gasteiger partial charge in [-0.1, -0.05) is 340 Å². The maximum Gasteiger partial charge on any atom is 0.164 e. The zero-order valence-electron chi connectivity index (χ0n) is 59.4.